The molecule has 0 aliphatic carbocycles. The third-order valence-electron chi connectivity index (χ3n) is 2.81. The lowest BCUT2D eigenvalue weighted by Gasteiger charge is -2.17. The zero-order valence-corrected chi connectivity index (χ0v) is 9.56. The maximum Gasteiger partial charge on any atom is 0.146 e. The lowest BCUT2D eigenvalue weighted by molar-refractivity contribution is 0.373. The van der Waals surface area contributed by atoms with Gasteiger partial charge >= 0.3 is 0 Å². The van der Waals surface area contributed by atoms with Crippen molar-refractivity contribution in [1.29, 1.82) is 0 Å². The first-order chi connectivity index (χ1) is 8.74. The number of nitrogens with zero attached hydrogens (tertiary/aromatic N) is 1. The zero-order chi connectivity index (χ0) is 12.5. The number of ether oxygens (including phenoxy) is 1. The fourth-order valence-corrected chi connectivity index (χ4v) is 1.87. The SMILES string of the molecule is Nc1cc(C2=Nc3ccccc3OC2)ccc1F. The number of nitrogens with two attached hydrogens (primary N) is 1. The molecule has 0 spiro atoms. The minimum Gasteiger partial charge on any atom is -0.485 e. The van der Waals surface area contributed by atoms with Crippen molar-refractivity contribution in [2.75, 3.05) is 12.3 Å². The summed E-state index contributed by atoms with van der Waals surface area (Å²) in [5, 5.41) is 0. The van der Waals surface area contributed by atoms with Crippen LogP contribution >= 0.6 is 0 Å². The van der Waals surface area contributed by atoms with Crippen LogP contribution in [0.2, 0.25) is 0 Å². The Morgan fingerprint density at radius 3 is 2.83 bits per heavy atom. The molecule has 0 bridgehead atoms. The van der Waals surface area contributed by atoms with E-state index in [0.717, 1.165) is 22.7 Å². The molecule has 0 saturated carbocycles. The Labute approximate surface area is 104 Å². The summed E-state index contributed by atoms with van der Waals surface area (Å²) < 4.78 is 18.7. The van der Waals surface area contributed by atoms with Gasteiger partial charge in [0, 0.05) is 5.56 Å². The van der Waals surface area contributed by atoms with Crippen LogP contribution in [-0.4, -0.2) is 12.3 Å². The van der Waals surface area contributed by atoms with Gasteiger partial charge in [0.05, 0.1) is 11.4 Å². The Morgan fingerprint density at radius 1 is 1.17 bits per heavy atom. The molecule has 2 N–H and O–H groups in total. The Hall–Kier alpha value is -2.36. The first-order valence-electron chi connectivity index (χ1n) is 5.59. The molecule has 18 heavy (non-hydrogen) atoms. The highest BCUT2D eigenvalue weighted by Gasteiger charge is 2.14. The molecular formula is C14H11FN2O. The third-order valence-corrected chi connectivity index (χ3v) is 2.81. The van der Waals surface area contributed by atoms with Crippen LogP contribution in [0.4, 0.5) is 15.8 Å². The molecule has 0 atom stereocenters. The molecule has 0 unspecified atom stereocenters. The summed E-state index contributed by atoms with van der Waals surface area (Å²) in [6.07, 6.45) is 0. The molecule has 3 rings (SSSR count). The number of nitrogen functional groups attached to an aromatic ring is 1. The van der Waals surface area contributed by atoms with E-state index in [0.29, 0.717) is 6.61 Å². The van der Waals surface area contributed by atoms with E-state index >= 15 is 0 Å². The van der Waals surface area contributed by atoms with E-state index in [1.54, 1.807) is 12.1 Å². The number of hydrogen-bond acceptors (Lipinski definition) is 3. The Balaban J connectivity index is 2.04. The van der Waals surface area contributed by atoms with Gasteiger partial charge in [-0.2, -0.15) is 0 Å². The first kappa shape index (κ1) is 10.8. The van der Waals surface area contributed by atoms with E-state index in [4.69, 9.17) is 10.5 Å². The highest BCUT2D eigenvalue weighted by Crippen LogP contribution is 2.31. The van der Waals surface area contributed by atoms with Crippen LogP contribution in [0.1, 0.15) is 5.56 Å². The Morgan fingerprint density at radius 2 is 2.00 bits per heavy atom. The van der Waals surface area contributed by atoms with Crippen molar-refractivity contribution in [2.45, 2.75) is 0 Å². The van der Waals surface area contributed by atoms with Gasteiger partial charge in [-0.05, 0) is 30.3 Å². The molecule has 0 saturated heterocycles. The van der Waals surface area contributed by atoms with Gasteiger partial charge in [-0.3, -0.25) is 0 Å². The van der Waals surface area contributed by atoms with Crippen LogP contribution in [0.3, 0.4) is 0 Å². The average molecular weight is 242 g/mol. The Bertz CT molecular complexity index is 637. The number of para-hydroxylation sites is 2. The molecule has 2 aromatic rings. The third kappa shape index (κ3) is 1.82. The number of aliphatic imine (C=N–C) groups is 1. The highest BCUT2D eigenvalue weighted by molar-refractivity contribution is 6.04. The van der Waals surface area contributed by atoms with Crippen molar-refractivity contribution < 1.29 is 9.13 Å². The summed E-state index contributed by atoms with van der Waals surface area (Å²) in [6.45, 7) is 0.363. The normalized spacial score (nSPS) is 13.5. The van der Waals surface area contributed by atoms with Crippen LogP contribution in [0.5, 0.6) is 5.75 Å². The molecule has 0 amide bonds. The molecule has 0 radical (unpaired) electrons. The van der Waals surface area contributed by atoms with E-state index in [1.807, 2.05) is 24.3 Å². The van der Waals surface area contributed by atoms with Gasteiger partial charge in [-0.1, -0.05) is 12.1 Å². The highest BCUT2D eigenvalue weighted by atomic mass is 19.1. The smallest absolute Gasteiger partial charge is 0.146 e. The van der Waals surface area contributed by atoms with Gasteiger partial charge in [0.25, 0.3) is 0 Å². The van der Waals surface area contributed by atoms with Crippen molar-refractivity contribution in [1.82, 2.24) is 0 Å². The average Bonchev–Trinajstić information content (AvgIpc) is 2.41. The number of anilines is 1. The van der Waals surface area contributed by atoms with Crippen molar-refractivity contribution in [2.24, 2.45) is 4.99 Å². The number of fused-ring (bicyclic) bond motifs is 1. The van der Waals surface area contributed by atoms with E-state index in [2.05, 4.69) is 4.99 Å². The second-order valence-electron chi connectivity index (χ2n) is 4.05. The first-order valence-corrected chi connectivity index (χ1v) is 5.59. The van der Waals surface area contributed by atoms with Crippen LogP contribution in [0, 0.1) is 5.82 Å². The van der Waals surface area contributed by atoms with Gasteiger partial charge in [-0.25, -0.2) is 9.38 Å². The fourth-order valence-electron chi connectivity index (χ4n) is 1.87. The maximum absolute atomic E-state index is 13.1. The number of benzene rings is 2. The lowest BCUT2D eigenvalue weighted by Crippen LogP contribution is -2.16. The molecule has 3 nitrogen and oxygen atoms in total. The van der Waals surface area contributed by atoms with Crippen LogP contribution in [0.25, 0.3) is 0 Å². The van der Waals surface area contributed by atoms with Crippen molar-refractivity contribution in [3.63, 3.8) is 0 Å². The summed E-state index contributed by atoms with van der Waals surface area (Å²) in [4.78, 5) is 4.50. The number of halogens is 1. The van der Waals surface area contributed by atoms with E-state index in [-0.39, 0.29) is 5.69 Å². The van der Waals surface area contributed by atoms with Crippen LogP contribution in [-0.2, 0) is 0 Å². The molecule has 1 aliphatic heterocycles. The largest absolute Gasteiger partial charge is 0.485 e. The van der Waals surface area contributed by atoms with E-state index in [9.17, 15) is 4.39 Å². The molecule has 2 aromatic carbocycles. The van der Waals surface area contributed by atoms with Gasteiger partial charge in [0.2, 0.25) is 0 Å². The van der Waals surface area contributed by atoms with Gasteiger partial charge < -0.3 is 10.5 Å². The van der Waals surface area contributed by atoms with E-state index < -0.39 is 5.82 Å². The van der Waals surface area contributed by atoms with E-state index in [1.165, 1.54) is 6.07 Å². The number of rotatable bonds is 1. The molecule has 0 aromatic heterocycles. The van der Waals surface area contributed by atoms with Gasteiger partial charge in [0.15, 0.2) is 0 Å². The Kier molecular flexibility index (Phi) is 2.48. The molecular weight excluding hydrogens is 231 g/mol. The molecule has 90 valence electrons. The van der Waals surface area contributed by atoms with Crippen LogP contribution in [0.15, 0.2) is 47.5 Å². The summed E-state index contributed by atoms with van der Waals surface area (Å²) in [5.41, 5.74) is 7.98. The summed E-state index contributed by atoms with van der Waals surface area (Å²) in [6, 6.07) is 12.1. The predicted molar refractivity (Wildman–Crippen MR) is 68.9 cm³/mol. The minimum atomic E-state index is -0.420. The van der Waals surface area contributed by atoms with Crippen molar-refractivity contribution >= 4 is 17.1 Å². The van der Waals surface area contributed by atoms with Gasteiger partial charge in [0.1, 0.15) is 23.9 Å². The monoisotopic (exact) mass is 242 g/mol. The molecule has 1 aliphatic rings. The van der Waals surface area contributed by atoms with Crippen molar-refractivity contribution in [3.8, 4) is 5.75 Å². The van der Waals surface area contributed by atoms with Crippen molar-refractivity contribution in [3.05, 3.63) is 53.8 Å². The van der Waals surface area contributed by atoms with Gasteiger partial charge in [-0.15, -0.1) is 0 Å². The predicted octanol–water partition coefficient (Wildman–Crippen LogP) is 2.92. The second kappa shape index (κ2) is 4.14. The quantitative estimate of drug-likeness (QED) is 0.781. The maximum atomic E-state index is 13.1. The summed E-state index contributed by atoms with van der Waals surface area (Å²) in [7, 11) is 0. The number of hydrogen-bond donors (Lipinski definition) is 1. The minimum absolute atomic E-state index is 0.119. The summed E-state index contributed by atoms with van der Waals surface area (Å²) >= 11 is 0. The lowest BCUT2D eigenvalue weighted by atomic mass is 10.1. The zero-order valence-electron chi connectivity index (χ0n) is 9.56. The molecule has 1 heterocycles. The standard InChI is InChI=1S/C14H11FN2O/c15-10-6-5-9(7-11(10)16)13-8-18-14-4-2-1-3-12(14)17-13/h1-7H,8,16H2. The second-order valence-corrected chi connectivity index (χ2v) is 4.05. The fraction of sp³-hybridized carbons (Fsp3) is 0.0714. The summed E-state index contributed by atoms with van der Waals surface area (Å²) in [5.74, 6) is 0.341. The topological polar surface area (TPSA) is 47.6 Å². The van der Waals surface area contributed by atoms with Crippen LogP contribution < -0.4 is 10.5 Å². The molecule has 4 heteroatoms. The molecule has 0 fully saturated rings.